The van der Waals surface area contributed by atoms with Gasteiger partial charge < -0.3 is 38.2 Å². The molecule has 4 aliphatic heterocycles. The Bertz CT molecular complexity index is 943. The van der Waals surface area contributed by atoms with E-state index < -0.39 is 49.5 Å². The molecule has 0 aromatic carbocycles. The predicted molar refractivity (Wildman–Crippen MR) is 149 cm³/mol. The van der Waals surface area contributed by atoms with Gasteiger partial charge in [-0.15, -0.1) is 0 Å². The van der Waals surface area contributed by atoms with Gasteiger partial charge in [-0.1, -0.05) is 0 Å². The van der Waals surface area contributed by atoms with E-state index in [0.717, 1.165) is 0 Å². The maximum absolute atomic E-state index is 12.9. The summed E-state index contributed by atoms with van der Waals surface area (Å²) in [6.07, 6.45) is 5.77. The van der Waals surface area contributed by atoms with Crippen LogP contribution in [0.2, 0.25) is 0 Å². The molecule has 0 N–H and O–H groups in total. The van der Waals surface area contributed by atoms with E-state index in [0.29, 0.717) is 104 Å². The number of amides is 2. The summed E-state index contributed by atoms with van der Waals surface area (Å²) >= 11 is 0. The fourth-order valence-corrected chi connectivity index (χ4v) is 6.05. The van der Waals surface area contributed by atoms with Gasteiger partial charge in [-0.25, -0.2) is 9.59 Å². The van der Waals surface area contributed by atoms with Crippen molar-refractivity contribution in [2.45, 2.75) is 89.1 Å². The standard InChI is InChI=1S/C30H44N2O12/c33-25(31-13-3-5-23(31)29(37)43-19-41-27(35)21-9-15-39-16-10-21)7-1-2-8-26(34)32-14-4-6-24(32)30(38)44-20-42-28(36)22-11-17-40-18-12-22/h21-24H,1-20H2/t23-,24-/m1/s1. The molecule has 2 amide bonds. The molecule has 14 heteroatoms. The Morgan fingerprint density at radius 2 is 0.886 bits per heavy atom. The largest absolute Gasteiger partial charge is 0.428 e. The highest BCUT2D eigenvalue weighted by atomic mass is 16.7. The first-order chi connectivity index (χ1) is 21.3. The van der Waals surface area contributed by atoms with Crippen molar-refractivity contribution in [3.05, 3.63) is 0 Å². The minimum Gasteiger partial charge on any atom is -0.428 e. The Balaban J connectivity index is 1.10. The lowest BCUT2D eigenvalue weighted by atomic mass is 10.0. The van der Waals surface area contributed by atoms with Gasteiger partial charge in [-0.3, -0.25) is 19.2 Å². The van der Waals surface area contributed by atoms with Gasteiger partial charge in [0.1, 0.15) is 12.1 Å². The van der Waals surface area contributed by atoms with Gasteiger partial charge in [0, 0.05) is 52.4 Å². The smallest absolute Gasteiger partial charge is 0.331 e. The number of likely N-dealkylation sites (tertiary alicyclic amines) is 2. The van der Waals surface area contributed by atoms with Crippen LogP contribution in [0, 0.1) is 11.8 Å². The van der Waals surface area contributed by atoms with Crippen molar-refractivity contribution in [1.82, 2.24) is 9.80 Å². The van der Waals surface area contributed by atoms with Gasteiger partial charge in [0.05, 0.1) is 11.8 Å². The fourth-order valence-electron chi connectivity index (χ4n) is 6.05. The predicted octanol–water partition coefficient (Wildman–Crippen LogP) is 1.47. The first kappa shape index (κ1) is 33.6. The van der Waals surface area contributed by atoms with Crippen molar-refractivity contribution >= 4 is 35.7 Å². The van der Waals surface area contributed by atoms with Crippen LogP contribution in [-0.4, -0.2) is 111 Å². The van der Waals surface area contributed by atoms with E-state index in [-0.39, 0.29) is 36.5 Å². The SMILES string of the molecule is O=C(OCOC(=O)[C@H]1CCCN1C(=O)CCCCC(=O)N1CCC[C@@H]1C(=O)OCOC(=O)C1CCOCC1)C1CCOCC1. The Labute approximate surface area is 256 Å². The van der Waals surface area contributed by atoms with E-state index in [1.165, 1.54) is 9.80 Å². The van der Waals surface area contributed by atoms with E-state index in [1.54, 1.807) is 0 Å². The number of unbranched alkanes of at least 4 members (excludes halogenated alkanes) is 1. The van der Waals surface area contributed by atoms with E-state index in [9.17, 15) is 28.8 Å². The molecule has 0 aliphatic carbocycles. The average Bonchev–Trinajstić information content (AvgIpc) is 3.74. The number of hydrogen-bond donors (Lipinski definition) is 0. The van der Waals surface area contributed by atoms with E-state index >= 15 is 0 Å². The molecule has 4 aliphatic rings. The van der Waals surface area contributed by atoms with Crippen molar-refractivity contribution < 1.29 is 57.2 Å². The van der Waals surface area contributed by atoms with Crippen LogP contribution in [-0.2, 0) is 57.2 Å². The Kier molecular flexibility index (Phi) is 13.2. The molecule has 44 heavy (non-hydrogen) atoms. The Hall–Kier alpha value is -3.26. The summed E-state index contributed by atoms with van der Waals surface area (Å²) in [5, 5.41) is 0. The molecule has 2 atom stereocenters. The second-order valence-corrected chi connectivity index (χ2v) is 11.6. The summed E-state index contributed by atoms with van der Waals surface area (Å²) < 4.78 is 31.0. The molecule has 0 saturated carbocycles. The highest BCUT2D eigenvalue weighted by Gasteiger charge is 2.37. The summed E-state index contributed by atoms with van der Waals surface area (Å²) in [5.74, 6) is -2.96. The molecule has 246 valence electrons. The van der Waals surface area contributed by atoms with Crippen molar-refractivity contribution in [2.24, 2.45) is 11.8 Å². The number of ether oxygens (including phenoxy) is 6. The Morgan fingerprint density at radius 3 is 1.27 bits per heavy atom. The zero-order chi connectivity index (χ0) is 31.3. The van der Waals surface area contributed by atoms with Gasteiger partial charge in [-0.2, -0.15) is 0 Å². The van der Waals surface area contributed by atoms with Crippen LogP contribution in [0.1, 0.15) is 77.0 Å². The van der Waals surface area contributed by atoms with E-state index in [1.807, 2.05) is 0 Å². The summed E-state index contributed by atoms with van der Waals surface area (Å²) in [6, 6.07) is -1.45. The maximum Gasteiger partial charge on any atom is 0.331 e. The molecule has 0 aromatic heterocycles. The molecule has 4 rings (SSSR count). The zero-order valence-electron chi connectivity index (χ0n) is 25.2. The molecule has 14 nitrogen and oxygen atoms in total. The zero-order valence-corrected chi connectivity index (χ0v) is 25.2. The number of esters is 4. The van der Waals surface area contributed by atoms with Crippen LogP contribution in [0.3, 0.4) is 0 Å². The molecular weight excluding hydrogens is 580 g/mol. The molecule has 4 heterocycles. The van der Waals surface area contributed by atoms with Crippen LogP contribution >= 0.6 is 0 Å². The molecular formula is C30H44N2O12. The fraction of sp³-hybridized carbons (Fsp3) is 0.800. The van der Waals surface area contributed by atoms with Crippen LogP contribution in [0.4, 0.5) is 0 Å². The number of carbonyl (C=O) groups is 6. The average molecular weight is 625 g/mol. The van der Waals surface area contributed by atoms with Crippen LogP contribution in [0.15, 0.2) is 0 Å². The molecule has 0 unspecified atom stereocenters. The Morgan fingerprint density at radius 1 is 0.523 bits per heavy atom. The highest BCUT2D eigenvalue weighted by Crippen LogP contribution is 2.23. The molecule has 0 radical (unpaired) electrons. The lowest BCUT2D eigenvalue weighted by molar-refractivity contribution is -0.177. The van der Waals surface area contributed by atoms with Crippen molar-refractivity contribution in [2.75, 3.05) is 53.1 Å². The third kappa shape index (κ3) is 9.62. The first-order valence-electron chi connectivity index (χ1n) is 15.8. The third-order valence-corrected chi connectivity index (χ3v) is 8.64. The van der Waals surface area contributed by atoms with Crippen LogP contribution in [0.5, 0.6) is 0 Å². The minimum absolute atomic E-state index is 0.166. The van der Waals surface area contributed by atoms with Gasteiger partial charge in [0.2, 0.25) is 25.4 Å². The molecule has 0 spiro atoms. The molecule has 0 aromatic rings. The van der Waals surface area contributed by atoms with Gasteiger partial charge in [-0.05, 0) is 64.2 Å². The van der Waals surface area contributed by atoms with Crippen LogP contribution in [0.25, 0.3) is 0 Å². The van der Waals surface area contributed by atoms with E-state index in [4.69, 9.17) is 28.4 Å². The number of rotatable bonds is 13. The molecule has 4 fully saturated rings. The number of carbonyl (C=O) groups excluding carboxylic acids is 6. The minimum atomic E-state index is -0.724. The summed E-state index contributed by atoms with van der Waals surface area (Å²) in [6.45, 7) is 1.89. The summed E-state index contributed by atoms with van der Waals surface area (Å²) in [5.41, 5.74) is 0. The van der Waals surface area contributed by atoms with Gasteiger partial charge in [0.25, 0.3) is 0 Å². The van der Waals surface area contributed by atoms with Crippen molar-refractivity contribution in [3.63, 3.8) is 0 Å². The monoisotopic (exact) mass is 624 g/mol. The summed E-state index contributed by atoms with van der Waals surface area (Å²) in [4.78, 5) is 78.1. The maximum atomic E-state index is 12.9. The highest BCUT2D eigenvalue weighted by molar-refractivity contribution is 5.86. The molecule has 4 saturated heterocycles. The normalized spacial score (nSPS) is 22.8. The lowest BCUT2D eigenvalue weighted by Gasteiger charge is -2.24. The lowest BCUT2D eigenvalue weighted by Crippen LogP contribution is -2.42. The third-order valence-electron chi connectivity index (χ3n) is 8.64. The van der Waals surface area contributed by atoms with Crippen molar-refractivity contribution in [1.29, 1.82) is 0 Å². The van der Waals surface area contributed by atoms with E-state index in [2.05, 4.69) is 0 Å². The van der Waals surface area contributed by atoms with Gasteiger partial charge in [0.15, 0.2) is 0 Å². The van der Waals surface area contributed by atoms with Crippen molar-refractivity contribution in [3.8, 4) is 0 Å². The summed E-state index contributed by atoms with van der Waals surface area (Å²) in [7, 11) is 0. The quantitative estimate of drug-likeness (QED) is 0.165. The second-order valence-electron chi connectivity index (χ2n) is 11.6. The number of nitrogens with zero attached hydrogens (tertiary/aromatic N) is 2. The second kappa shape index (κ2) is 17.3. The first-order valence-corrected chi connectivity index (χ1v) is 15.8. The number of hydrogen-bond acceptors (Lipinski definition) is 12. The topological polar surface area (TPSA) is 164 Å². The van der Waals surface area contributed by atoms with Crippen LogP contribution < -0.4 is 0 Å². The van der Waals surface area contributed by atoms with Gasteiger partial charge >= 0.3 is 23.9 Å². The molecule has 0 bridgehead atoms.